The van der Waals surface area contributed by atoms with Crippen molar-refractivity contribution in [2.45, 2.75) is 26.4 Å². The van der Waals surface area contributed by atoms with Gasteiger partial charge in [-0.05, 0) is 76.0 Å². The van der Waals surface area contributed by atoms with Crippen LogP contribution in [0.15, 0.2) is 42.5 Å². The van der Waals surface area contributed by atoms with E-state index in [2.05, 4.69) is 10.6 Å². The molecule has 0 radical (unpaired) electrons. The molecule has 8 heteroatoms. The number of anilines is 2. The minimum Gasteiger partial charge on any atom is -0.377 e. The number of hydrogen-bond donors (Lipinski definition) is 2. The van der Waals surface area contributed by atoms with Gasteiger partial charge >= 0.3 is 6.03 Å². The first-order valence-corrected chi connectivity index (χ1v) is 10.6. The van der Waals surface area contributed by atoms with Gasteiger partial charge in [0, 0.05) is 56.7 Å². The number of benzene rings is 2. The second-order valence-electron chi connectivity index (χ2n) is 8.53. The molecule has 2 N–H and O–H groups in total. The molecule has 0 bridgehead atoms. The van der Waals surface area contributed by atoms with Crippen molar-refractivity contribution in [2.75, 3.05) is 51.5 Å². The van der Waals surface area contributed by atoms with Crippen molar-refractivity contribution < 1.29 is 14.0 Å². The van der Waals surface area contributed by atoms with Crippen LogP contribution in [0.25, 0.3) is 0 Å². The lowest BCUT2D eigenvalue weighted by Crippen LogP contribution is -2.37. The second kappa shape index (κ2) is 11.5. The van der Waals surface area contributed by atoms with Gasteiger partial charge in [-0.15, -0.1) is 0 Å². The summed E-state index contributed by atoms with van der Waals surface area (Å²) in [5.41, 5.74) is 2.92. The van der Waals surface area contributed by atoms with E-state index >= 15 is 0 Å². The molecule has 32 heavy (non-hydrogen) atoms. The third kappa shape index (κ3) is 7.53. The predicted octanol–water partition coefficient (Wildman–Crippen LogP) is 3.63. The summed E-state index contributed by atoms with van der Waals surface area (Å²) in [5.74, 6) is -0.554. The van der Waals surface area contributed by atoms with E-state index in [1.54, 1.807) is 4.90 Å². The number of halogens is 1. The van der Waals surface area contributed by atoms with Crippen molar-refractivity contribution in [1.29, 1.82) is 0 Å². The number of carbonyl (C=O) groups excluding carboxylic acids is 2. The number of urea groups is 1. The number of amides is 3. The van der Waals surface area contributed by atoms with Crippen molar-refractivity contribution in [1.82, 2.24) is 15.1 Å². The fourth-order valence-electron chi connectivity index (χ4n) is 3.21. The lowest BCUT2D eigenvalue weighted by atomic mass is 10.1. The number of nitrogens with zero attached hydrogens (tertiary/aromatic N) is 3. The zero-order chi connectivity index (χ0) is 23.8. The van der Waals surface area contributed by atoms with Crippen LogP contribution in [0.3, 0.4) is 0 Å². The zero-order valence-corrected chi connectivity index (χ0v) is 19.8. The summed E-state index contributed by atoms with van der Waals surface area (Å²) in [6.45, 7) is 5.31. The standard InChI is InChI=1S/C24H34FN5O2/c1-17(2)26-24(32)27-21-11-12-22(29(5)6)19(15-21)16-30(14-13-28(3)4)23(31)18-7-9-20(25)10-8-18/h7-12,15,17H,13-14,16H2,1-6H3,(H2,26,27,32). The van der Waals surface area contributed by atoms with Gasteiger partial charge in [-0.25, -0.2) is 9.18 Å². The fourth-order valence-corrected chi connectivity index (χ4v) is 3.21. The largest absolute Gasteiger partial charge is 0.377 e. The van der Waals surface area contributed by atoms with Gasteiger partial charge in [0.15, 0.2) is 0 Å². The molecule has 0 aliphatic carbocycles. The number of nitrogens with one attached hydrogen (secondary N) is 2. The summed E-state index contributed by atoms with van der Waals surface area (Å²) in [5, 5.41) is 5.65. The summed E-state index contributed by atoms with van der Waals surface area (Å²) < 4.78 is 13.3. The Bertz CT molecular complexity index is 913. The molecule has 0 aliphatic rings. The molecular formula is C24H34FN5O2. The molecule has 7 nitrogen and oxygen atoms in total. The van der Waals surface area contributed by atoms with Crippen LogP contribution in [-0.4, -0.2) is 69.1 Å². The van der Waals surface area contributed by atoms with E-state index < -0.39 is 0 Å². The molecule has 0 unspecified atom stereocenters. The first kappa shape index (κ1) is 25.1. The molecule has 0 saturated carbocycles. The highest BCUT2D eigenvalue weighted by molar-refractivity contribution is 5.94. The van der Waals surface area contributed by atoms with E-state index in [0.717, 1.165) is 11.3 Å². The summed E-state index contributed by atoms with van der Waals surface area (Å²) in [6, 6.07) is 11.0. The summed E-state index contributed by atoms with van der Waals surface area (Å²) >= 11 is 0. The van der Waals surface area contributed by atoms with Crippen LogP contribution in [0.5, 0.6) is 0 Å². The molecule has 2 rings (SSSR count). The first-order chi connectivity index (χ1) is 15.1. The highest BCUT2D eigenvalue weighted by Gasteiger charge is 2.19. The molecular weight excluding hydrogens is 409 g/mol. The second-order valence-corrected chi connectivity index (χ2v) is 8.53. The molecule has 0 saturated heterocycles. The van der Waals surface area contributed by atoms with Crippen molar-refractivity contribution in [3.05, 3.63) is 59.4 Å². The average molecular weight is 444 g/mol. The maximum Gasteiger partial charge on any atom is 0.319 e. The van der Waals surface area contributed by atoms with Crippen LogP contribution in [0.4, 0.5) is 20.6 Å². The third-order valence-electron chi connectivity index (χ3n) is 4.80. The van der Waals surface area contributed by atoms with Gasteiger partial charge in [-0.2, -0.15) is 0 Å². The molecule has 0 fully saturated rings. The minimum absolute atomic E-state index is 0.0189. The zero-order valence-electron chi connectivity index (χ0n) is 19.8. The molecule has 2 aromatic rings. The van der Waals surface area contributed by atoms with Gasteiger partial charge in [-0.1, -0.05) is 0 Å². The smallest absolute Gasteiger partial charge is 0.319 e. The number of likely N-dealkylation sites (N-methyl/N-ethyl adjacent to an activating group) is 1. The Balaban J connectivity index is 2.34. The van der Waals surface area contributed by atoms with Crippen LogP contribution < -0.4 is 15.5 Å². The van der Waals surface area contributed by atoms with Gasteiger partial charge in [0.05, 0.1) is 0 Å². The van der Waals surface area contributed by atoms with Gasteiger partial charge in [0.25, 0.3) is 5.91 Å². The van der Waals surface area contributed by atoms with Crippen LogP contribution in [0.1, 0.15) is 29.8 Å². The lowest BCUT2D eigenvalue weighted by molar-refractivity contribution is 0.0732. The Labute approximate surface area is 190 Å². The van der Waals surface area contributed by atoms with Crippen LogP contribution in [0.2, 0.25) is 0 Å². The highest BCUT2D eigenvalue weighted by atomic mass is 19.1. The Morgan fingerprint density at radius 3 is 2.19 bits per heavy atom. The molecule has 0 aliphatic heterocycles. The van der Waals surface area contributed by atoms with Crippen molar-refractivity contribution in [2.24, 2.45) is 0 Å². The van der Waals surface area contributed by atoms with Crippen molar-refractivity contribution in [3.63, 3.8) is 0 Å². The minimum atomic E-state index is -0.380. The van der Waals surface area contributed by atoms with Gasteiger partial charge in [-0.3, -0.25) is 4.79 Å². The Hall–Kier alpha value is -3.13. The molecule has 3 amide bonds. The molecule has 0 atom stereocenters. The monoisotopic (exact) mass is 443 g/mol. The summed E-state index contributed by atoms with van der Waals surface area (Å²) in [6.07, 6.45) is 0. The average Bonchev–Trinajstić information content (AvgIpc) is 2.70. The first-order valence-electron chi connectivity index (χ1n) is 10.6. The Morgan fingerprint density at radius 1 is 0.969 bits per heavy atom. The van der Waals surface area contributed by atoms with Crippen LogP contribution in [-0.2, 0) is 6.54 Å². The molecule has 0 heterocycles. The predicted molar refractivity (Wildman–Crippen MR) is 128 cm³/mol. The van der Waals surface area contributed by atoms with E-state index in [1.807, 2.05) is 70.0 Å². The Kier molecular flexibility index (Phi) is 9.02. The highest BCUT2D eigenvalue weighted by Crippen LogP contribution is 2.25. The maximum absolute atomic E-state index is 13.3. The lowest BCUT2D eigenvalue weighted by Gasteiger charge is -2.27. The normalized spacial score (nSPS) is 10.9. The van der Waals surface area contributed by atoms with Gasteiger partial charge in [0.2, 0.25) is 0 Å². The van der Waals surface area contributed by atoms with Crippen molar-refractivity contribution >= 4 is 23.3 Å². The van der Waals surface area contributed by atoms with Gasteiger partial charge in [0.1, 0.15) is 5.82 Å². The van der Waals surface area contributed by atoms with Gasteiger partial charge < -0.3 is 25.3 Å². The van der Waals surface area contributed by atoms with E-state index in [-0.39, 0.29) is 23.8 Å². The molecule has 0 spiro atoms. The molecule has 174 valence electrons. The van der Waals surface area contributed by atoms with E-state index in [4.69, 9.17) is 0 Å². The topological polar surface area (TPSA) is 67.9 Å². The van der Waals surface area contributed by atoms with E-state index in [0.29, 0.717) is 30.9 Å². The summed E-state index contributed by atoms with van der Waals surface area (Å²) in [7, 11) is 7.76. The van der Waals surface area contributed by atoms with E-state index in [9.17, 15) is 14.0 Å². The number of hydrogen-bond acceptors (Lipinski definition) is 4. The SMILES string of the molecule is CC(C)NC(=O)Nc1ccc(N(C)C)c(CN(CCN(C)C)C(=O)c2ccc(F)cc2)c1. The quantitative estimate of drug-likeness (QED) is 0.621. The fraction of sp³-hybridized carbons (Fsp3) is 0.417. The van der Waals surface area contributed by atoms with Crippen molar-refractivity contribution in [3.8, 4) is 0 Å². The number of rotatable bonds is 9. The van der Waals surface area contributed by atoms with Crippen LogP contribution >= 0.6 is 0 Å². The summed E-state index contributed by atoms with van der Waals surface area (Å²) in [4.78, 5) is 31.1. The van der Waals surface area contributed by atoms with Crippen LogP contribution in [0, 0.1) is 5.82 Å². The molecule has 2 aromatic carbocycles. The Morgan fingerprint density at radius 2 is 1.62 bits per heavy atom. The number of carbonyl (C=O) groups is 2. The van der Waals surface area contributed by atoms with E-state index in [1.165, 1.54) is 24.3 Å². The third-order valence-corrected chi connectivity index (χ3v) is 4.80. The maximum atomic E-state index is 13.3. The molecule has 0 aromatic heterocycles.